The number of anilines is 1. The molecule has 5 nitrogen and oxygen atoms in total. The molecule has 2 rings (SSSR count). The molecule has 1 aromatic carbocycles. The Bertz CT molecular complexity index is 594. The topological polar surface area (TPSA) is 77.2 Å². The van der Waals surface area contributed by atoms with Gasteiger partial charge in [-0.05, 0) is 37.3 Å². The second-order valence-corrected chi connectivity index (χ2v) is 4.07. The highest BCUT2D eigenvalue weighted by Gasteiger charge is 2.08. The number of aryl methyl sites for hydroxylation is 1. The van der Waals surface area contributed by atoms with E-state index in [1.54, 1.807) is 37.5 Å². The average molecular weight is 257 g/mol. The first kappa shape index (κ1) is 12.9. The van der Waals surface area contributed by atoms with Gasteiger partial charge < -0.3 is 15.8 Å². The molecule has 0 radical (unpaired) electrons. The lowest BCUT2D eigenvalue weighted by Gasteiger charge is -2.10. The Labute approximate surface area is 111 Å². The lowest BCUT2D eigenvalue weighted by molar-refractivity contribution is 0.0963. The van der Waals surface area contributed by atoms with Crippen LogP contribution in [0.4, 0.5) is 5.69 Å². The number of nitrogens with zero attached hydrogens (tertiary/aromatic N) is 1. The van der Waals surface area contributed by atoms with Crippen LogP contribution in [0, 0.1) is 6.92 Å². The predicted molar refractivity (Wildman–Crippen MR) is 73.3 cm³/mol. The van der Waals surface area contributed by atoms with E-state index in [1.807, 2.05) is 13.0 Å². The third-order valence-electron chi connectivity index (χ3n) is 2.61. The van der Waals surface area contributed by atoms with Crippen LogP contribution in [0.25, 0.3) is 0 Å². The largest absolute Gasteiger partial charge is 0.454 e. The summed E-state index contributed by atoms with van der Waals surface area (Å²) in [5.41, 5.74) is 7.69. The molecule has 1 aromatic heterocycles. The fraction of sp³-hybridized carbons (Fsp3) is 0.143. The van der Waals surface area contributed by atoms with Crippen molar-refractivity contribution >= 4 is 11.6 Å². The van der Waals surface area contributed by atoms with Gasteiger partial charge in [0.05, 0.1) is 11.9 Å². The zero-order valence-corrected chi connectivity index (χ0v) is 10.8. The molecule has 0 unspecified atom stereocenters. The number of nitrogens with two attached hydrogens (primary N) is 1. The summed E-state index contributed by atoms with van der Waals surface area (Å²) in [6, 6.07) is 8.53. The van der Waals surface area contributed by atoms with E-state index in [0.29, 0.717) is 22.7 Å². The second kappa shape index (κ2) is 5.39. The molecule has 2 aromatic rings. The smallest absolute Gasteiger partial charge is 0.251 e. The van der Waals surface area contributed by atoms with Crippen LogP contribution in [0.5, 0.6) is 11.5 Å². The van der Waals surface area contributed by atoms with Gasteiger partial charge in [0.2, 0.25) is 0 Å². The van der Waals surface area contributed by atoms with E-state index in [4.69, 9.17) is 10.5 Å². The Morgan fingerprint density at radius 3 is 2.74 bits per heavy atom. The zero-order valence-electron chi connectivity index (χ0n) is 10.8. The van der Waals surface area contributed by atoms with E-state index in [2.05, 4.69) is 10.3 Å². The summed E-state index contributed by atoms with van der Waals surface area (Å²) >= 11 is 0. The van der Waals surface area contributed by atoms with E-state index >= 15 is 0 Å². The quantitative estimate of drug-likeness (QED) is 0.826. The van der Waals surface area contributed by atoms with Gasteiger partial charge in [0.25, 0.3) is 5.91 Å². The van der Waals surface area contributed by atoms with Crippen molar-refractivity contribution < 1.29 is 9.53 Å². The number of amides is 1. The van der Waals surface area contributed by atoms with Crippen molar-refractivity contribution in [2.24, 2.45) is 0 Å². The fourth-order valence-electron chi connectivity index (χ4n) is 1.55. The number of rotatable bonds is 3. The van der Waals surface area contributed by atoms with Crippen molar-refractivity contribution in [3.05, 3.63) is 47.8 Å². The lowest BCUT2D eigenvalue weighted by Crippen LogP contribution is -2.17. The molecule has 0 atom stereocenters. The van der Waals surface area contributed by atoms with Gasteiger partial charge in [-0.25, -0.2) is 0 Å². The summed E-state index contributed by atoms with van der Waals surface area (Å²) < 4.78 is 5.63. The van der Waals surface area contributed by atoms with Crippen molar-refractivity contribution in [2.75, 3.05) is 12.8 Å². The number of pyridine rings is 1. The normalized spacial score (nSPS) is 10.0. The Morgan fingerprint density at radius 1 is 1.32 bits per heavy atom. The summed E-state index contributed by atoms with van der Waals surface area (Å²) in [6.07, 6.45) is 1.61. The van der Waals surface area contributed by atoms with Crippen LogP contribution in [0.2, 0.25) is 0 Å². The number of nitrogens with one attached hydrogen (secondary N) is 1. The third-order valence-corrected chi connectivity index (χ3v) is 2.61. The molecule has 1 amide bonds. The molecular formula is C14H15N3O2. The molecule has 0 aliphatic heterocycles. The monoisotopic (exact) mass is 257 g/mol. The minimum atomic E-state index is -0.188. The molecule has 5 heteroatoms. The molecule has 19 heavy (non-hydrogen) atoms. The molecule has 0 aliphatic carbocycles. The van der Waals surface area contributed by atoms with Gasteiger partial charge in [0, 0.05) is 18.3 Å². The van der Waals surface area contributed by atoms with Gasteiger partial charge in [0.15, 0.2) is 5.75 Å². The van der Waals surface area contributed by atoms with Crippen molar-refractivity contribution in [2.45, 2.75) is 6.92 Å². The van der Waals surface area contributed by atoms with Gasteiger partial charge in [-0.3, -0.25) is 9.78 Å². The molecule has 0 aliphatic rings. The Hall–Kier alpha value is -2.56. The number of hydrogen-bond donors (Lipinski definition) is 2. The summed E-state index contributed by atoms with van der Waals surface area (Å²) in [6.45, 7) is 1.89. The highest BCUT2D eigenvalue weighted by Crippen LogP contribution is 2.28. The van der Waals surface area contributed by atoms with Crippen molar-refractivity contribution in [1.29, 1.82) is 0 Å². The van der Waals surface area contributed by atoms with Crippen molar-refractivity contribution in [3.8, 4) is 11.5 Å². The average Bonchev–Trinajstić information content (AvgIpc) is 2.43. The number of carbonyl (C=O) groups excluding carboxylic acids is 1. The standard InChI is InChI=1S/C14H15N3O2/c1-9-3-5-11(8-17-9)19-13-7-10(14(18)16-2)4-6-12(13)15/h3-8H,15H2,1-2H3,(H,16,18). The van der Waals surface area contributed by atoms with Crippen LogP contribution in [-0.2, 0) is 0 Å². The van der Waals surface area contributed by atoms with Crippen LogP contribution < -0.4 is 15.8 Å². The van der Waals surface area contributed by atoms with Crippen molar-refractivity contribution in [1.82, 2.24) is 10.3 Å². The molecule has 0 bridgehead atoms. The number of nitrogen functional groups attached to an aromatic ring is 1. The van der Waals surface area contributed by atoms with E-state index in [9.17, 15) is 4.79 Å². The molecule has 98 valence electrons. The van der Waals surface area contributed by atoms with Crippen LogP contribution in [0.15, 0.2) is 36.5 Å². The molecule has 1 heterocycles. The zero-order chi connectivity index (χ0) is 13.8. The minimum absolute atomic E-state index is 0.188. The van der Waals surface area contributed by atoms with E-state index in [-0.39, 0.29) is 5.91 Å². The number of carbonyl (C=O) groups is 1. The highest BCUT2D eigenvalue weighted by atomic mass is 16.5. The molecule has 0 saturated heterocycles. The molecule has 3 N–H and O–H groups in total. The van der Waals surface area contributed by atoms with E-state index in [1.165, 1.54) is 0 Å². The third kappa shape index (κ3) is 3.01. The summed E-state index contributed by atoms with van der Waals surface area (Å²) in [4.78, 5) is 15.7. The lowest BCUT2D eigenvalue weighted by atomic mass is 10.2. The van der Waals surface area contributed by atoms with Crippen molar-refractivity contribution in [3.63, 3.8) is 0 Å². The first-order valence-electron chi connectivity index (χ1n) is 5.82. The van der Waals surface area contributed by atoms with E-state index < -0.39 is 0 Å². The SMILES string of the molecule is CNC(=O)c1ccc(N)c(Oc2ccc(C)nc2)c1. The Kier molecular flexibility index (Phi) is 3.66. The van der Waals surface area contributed by atoms with Crippen LogP contribution in [0.1, 0.15) is 16.1 Å². The number of ether oxygens (including phenoxy) is 1. The van der Waals surface area contributed by atoms with Gasteiger partial charge in [-0.2, -0.15) is 0 Å². The predicted octanol–water partition coefficient (Wildman–Crippen LogP) is 2.12. The van der Waals surface area contributed by atoms with E-state index in [0.717, 1.165) is 5.69 Å². The fourth-order valence-corrected chi connectivity index (χ4v) is 1.55. The summed E-state index contributed by atoms with van der Waals surface area (Å²) in [7, 11) is 1.57. The Morgan fingerprint density at radius 2 is 2.11 bits per heavy atom. The maximum Gasteiger partial charge on any atom is 0.251 e. The maximum atomic E-state index is 11.6. The first-order chi connectivity index (χ1) is 9.10. The molecular weight excluding hydrogens is 242 g/mol. The van der Waals surface area contributed by atoms with Crippen LogP contribution in [0.3, 0.4) is 0 Å². The van der Waals surface area contributed by atoms with Crippen LogP contribution >= 0.6 is 0 Å². The Balaban J connectivity index is 2.28. The second-order valence-electron chi connectivity index (χ2n) is 4.07. The first-order valence-corrected chi connectivity index (χ1v) is 5.82. The molecule has 0 spiro atoms. The van der Waals surface area contributed by atoms with Gasteiger partial charge >= 0.3 is 0 Å². The highest BCUT2D eigenvalue weighted by molar-refractivity contribution is 5.95. The number of aromatic nitrogens is 1. The van der Waals surface area contributed by atoms with Gasteiger partial charge in [-0.1, -0.05) is 0 Å². The van der Waals surface area contributed by atoms with Crippen LogP contribution in [-0.4, -0.2) is 17.9 Å². The summed E-state index contributed by atoms with van der Waals surface area (Å²) in [5, 5.41) is 2.55. The summed E-state index contributed by atoms with van der Waals surface area (Å²) in [5.74, 6) is 0.824. The maximum absolute atomic E-state index is 11.6. The molecule has 0 fully saturated rings. The number of benzene rings is 1. The van der Waals surface area contributed by atoms with Gasteiger partial charge in [-0.15, -0.1) is 0 Å². The number of hydrogen-bond acceptors (Lipinski definition) is 4. The molecule has 0 saturated carbocycles. The van der Waals surface area contributed by atoms with Gasteiger partial charge in [0.1, 0.15) is 5.75 Å². The minimum Gasteiger partial charge on any atom is -0.454 e.